The molecule has 0 saturated heterocycles. The molecule has 1 heterocycles. The maximum Gasteiger partial charge on any atom is 0.143 e. The van der Waals surface area contributed by atoms with E-state index in [2.05, 4.69) is 152 Å². The summed E-state index contributed by atoms with van der Waals surface area (Å²) >= 11 is 0. The average molecular weight is 547 g/mol. The quantitative estimate of drug-likeness (QED) is 0.201. The third kappa shape index (κ3) is 3.58. The van der Waals surface area contributed by atoms with Crippen molar-refractivity contribution >= 4 is 54.3 Å². The van der Waals surface area contributed by atoms with Crippen LogP contribution in [0, 0.1) is 0 Å². The lowest BCUT2D eigenvalue weighted by Gasteiger charge is -2.20. The van der Waals surface area contributed by atoms with Gasteiger partial charge in [0, 0.05) is 21.9 Å². The van der Waals surface area contributed by atoms with E-state index in [1.54, 1.807) is 0 Å². The van der Waals surface area contributed by atoms with Gasteiger partial charge in [-0.15, -0.1) is 0 Å². The molecule has 0 atom stereocenters. The Hall–Kier alpha value is -5.66. The summed E-state index contributed by atoms with van der Waals surface area (Å²) < 4.78 is 6.57. The van der Waals surface area contributed by atoms with Crippen molar-refractivity contribution < 1.29 is 4.42 Å². The predicted octanol–water partition coefficient (Wildman–Crippen LogP) is 12.0. The second-order valence-corrected chi connectivity index (χ2v) is 11.2. The van der Waals surface area contributed by atoms with Gasteiger partial charge in [0.15, 0.2) is 0 Å². The van der Waals surface area contributed by atoms with Gasteiger partial charge < -0.3 is 4.42 Å². The zero-order chi connectivity index (χ0) is 28.3. The van der Waals surface area contributed by atoms with Crippen LogP contribution in [0.25, 0.3) is 87.6 Å². The maximum absolute atomic E-state index is 6.57. The van der Waals surface area contributed by atoms with E-state index in [4.69, 9.17) is 4.42 Å². The fourth-order valence-electron chi connectivity index (χ4n) is 7.05. The minimum atomic E-state index is 0.916. The zero-order valence-electron chi connectivity index (χ0n) is 23.4. The maximum atomic E-state index is 6.57. The van der Waals surface area contributed by atoms with Crippen molar-refractivity contribution in [3.05, 3.63) is 158 Å². The first kappa shape index (κ1) is 24.0. The molecule has 0 radical (unpaired) electrons. The van der Waals surface area contributed by atoms with Gasteiger partial charge >= 0.3 is 0 Å². The number of para-hydroxylation sites is 2. The van der Waals surface area contributed by atoms with E-state index in [9.17, 15) is 0 Å². The van der Waals surface area contributed by atoms with Crippen molar-refractivity contribution in [3.63, 3.8) is 0 Å². The number of hydrogen-bond donors (Lipinski definition) is 0. The normalized spacial score (nSPS) is 11.7. The van der Waals surface area contributed by atoms with Crippen molar-refractivity contribution in [1.29, 1.82) is 0 Å². The molecule has 0 amide bonds. The first-order valence-electron chi connectivity index (χ1n) is 14.8. The second-order valence-electron chi connectivity index (χ2n) is 11.2. The Bertz CT molecular complexity index is 2450. The molecule has 0 aliphatic carbocycles. The Morgan fingerprint density at radius 1 is 0.279 bits per heavy atom. The fraction of sp³-hybridized carbons (Fsp3) is 0. The summed E-state index contributed by atoms with van der Waals surface area (Å²) in [4.78, 5) is 0. The molecule has 0 aliphatic heterocycles. The Balaban J connectivity index is 1.41. The highest BCUT2D eigenvalue weighted by Crippen LogP contribution is 2.48. The van der Waals surface area contributed by atoms with Crippen LogP contribution in [0.15, 0.2) is 162 Å². The van der Waals surface area contributed by atoms with Crippen LogP contribution in [-0.2, 0) is 0 Å². The lowest BCUT2D eigenvalue weighted by atomic mass is 9.83. The highest BCUT2D eigenvalue weighted by molar-refractivity contribution is 6.25. The standard InChI is InChI=1S/C42H26O/c1-2-15-28-27(13-1)14-11-23-29(28)30-16-3-4-18-32(30)40-33-19-5-7-21-35(33)41(36-22-8-6-20-34(36)40)38-25-12-24-37-31-17-9-10-26-39(31)43-42(37)38/h1-26H. The van der Waals surface area contributed by atoms with Gasteiger partial charge in [-0.05, 0) is 60.6 Å². The lowest BCUT2D eigenvalue weighted by molar-refractivity contribution is 0.670. The average Bonchev–Trinajstić information content (AvgIpc) is 3.46. The van der Waals surface area contributed by atoms with Gasteiger partial charge in [-0.25, -0.2) is 0 Å². The van der Waals surface area contributed by atoms with Crippen molar-refractivity contribution in [2.45, 2.75) is 0 Å². The number of hydrogen-bond acceptors (Lipinski definition) is 1. The Morgan fingerprint density at radius 3 is 1.44 bits per heavy atom. The van der Waals surface area contributed by atoms with Crippen LogP contribution < -0.4 is 0 Å². The summed E-state index contributed by atoms with van der Waals surface area (Å²) in [7, 11) is 0. The van der Waals surface area contributed by atoms with Crippen molar-refractivity contribution in [3.8, 4) is 33.4 Å². The molecule has 0 aliphatic rings. The van der Waals surface area contributed by atoms with E-state index >= 15 is 0 Å². The molecule has 9 aromatic rings. The minimum absolute atomic E-state index is 0.916. The van der Waals surface area contributed by atoms with E-state index in [1.165, 1.54) is 60.1 Å². The number of benzene rings is 8. The second kappa shape index (κ2) is 9.44. The molecule has 1 aromatic heterocycles. The third-order valence-corrected chi connectivity index (χ3v) is 8.88. The predicted molar refractivity (Wildman–Crippen MR) is 183 cm³/mol. The van der Waals surface area contributed by atoms with E-state index < -0.39 is 0 Å². The van der Waals surface area contributed by atoms with Gasteiger partial charge in [0.2, 0.25) is 0 Å². The highest BCUT2D eigenvalue weighted by atomic mass is 16.3. The molecule has 0 unspecified atom stereocenters. The lowest BCUT2D eigenvalue weighted by Crippen LogP contribution is -1.93. The monoisotopic (exact) mass is 546 g/mol. The smallest absolute Gasteiger partial charge is 0.143 e. The molecule has 0 saturated carbocycles. The SMILES string of the molecule is c1ccc(-c2c3ccccc3c(-c3cccc4c3oc3ccccc34)c3ccccc23)c(-c2cccc3ccccc23)c1. The first-order valence-corrected chi connectivity index (χ1v) is 14.8. The van der Waals surface area contributed by atoms with Gasteiger partial charge in [0.05, 0.1) is 0 Å². The highest BCUT2D eigenvalue weighted by Gasteiger charge is 2.21. The van der Waals surface area contributed by atoms with Crippen molar-refractivity contribution in [2.75, 3.05) is 0 Å². The number of fused-ring (bicyclic) bond motifs is 6. The van der Waals surface area contributed by atoms with Crippen LogP contribution >= 0.6 is 0 Å². The van der Waals surface area contributed by atoms with Gasteiger partial charge in [-0.1, -0.05) is 152 Å². The fourth-order valence-corrected chi connectivity index (χ4v) is 7.05. The topological polar surface area (TPSA) is 13.1 Å². The molecular weight excluding hydrogens is 520 g/mol. The van der Waals surface area contributed by atoms with Crippen LogP contribution in [0.5, 0.6) is 0 Å². The van der Waals surface area contributed by atoms with Crippen molar-refractivity contribution in [2.24, 2.45) is 0 Å². The van der Waals surface area contributed by atoms with Gasteiger partial charge in [-0.3, -0.25) is 0 Å². The van der Waals surface area contributed by atoms with Crippen LogP contribution in [0.4, 0.5) is 0 Å². The molecule has 0 bridgehead atoms. The van der Waals surface area contributed by atoms with Gasteiger partial charge in [-0.2, -0.15) is 0 Å². The molecule has 43 heavy (non-hydrogen) atoms. The Labute approximate surface area is 249 Å². The largest absolute Gasteiger partial charge is 0.455 e. The zero-order valence-corrected chi connectivity index (χ0v) is 23.4. The van der Waals surface area contributed by atoms with Crippen LogP contribution in [0.3, 0.4) is 0 Å². The molecule has 1 heteroatoms. The van der Waals surface area contributed by atoms with Crippen LogP contribution in [-0.4, -0.2) is 0 Å². The van der Waals surface area contributed by atoms with Crippen LogP contribution in [0.2, 0.25) is 0 Å². The summed E-state index contributed by atoms with van der Waals surface area (Å²) in [5.74, 6) is 0. The van der Waals surface area contributed by atoms with E-state index in [0.29, 0.717) is 0 Å². The van der Waals surface area contributed by atoms with E-state index in [0.717, 1.165) is 27.5 Å². The summed E-state index contributed by atoms with van der Waals surface area (Å²) in [6, 6.07) is 56.7. The summed E-state index contributed by atoms with van der Waals surface area (Å²) in [6.45, 7) is 0. The van der Waals surface area contributed by atoms with Crippen molar-refractivity contribution in [1.82, 2.24) is 0 Å². The van der Waals surface area contributed by atoms with Gasteiger partial charge in [0.25, 0.3) is 0 Å². The molecule has 9 rings (SSSR count). The van der Waals surface area contributed by atoms with E-state index in [1.807, 2.05) is 6.07 Å². The molecule has 0 N–H and O–H groups in total. The summed E-state index contributed by atoms with van der Waals surface area (Å²) in [6.07, 6.45) is 0. The molecule has 1 nitrogen and oxygen atoms in total. The number of rotatable bonds is 3. The van der Waals surface area contributed by atoms with Crippen LogP contribution in [0.1, 0.15) is 0 Å². The third-order valence-electron chi connectivity index (χ3n) is 8.88. The molecule has 200 valence electrons. The summed E-state index contributed by atoms with van der Waals surface area (Å²) in [5.41, 5.74) is 9.16. The molecule has 0 spiro atoms. The summed E-state index contributed by atoms with van der Waals surface area (Å²) in [5, 5.41) is 9.71. The molecule has 0 fully saturated rings. The van der Waals surface area contributed by atoms with Gasteiger partial charge in [0.1, 0.15) is 11.2 Å². The number of furan rings is 1. The molecular formula is C42H26O. The van der Waals surface area contributed by atoms with E-state index in [-0.39, 0.29) is 0 Å². The first-order chi connectivity index (χ1) is 21.4. The Kier molecular flexibility index (Phi) is 5.27. The Morgan fingerprint density at radius 2 is 0.721 bits per heavy atom. The minimum Gasteiger partial charge on any atom is -0.455 e. The molecule has 8 aromatic carbocycles.